The molecule has 3 unspecified atom stereocenters. The maximum atomic E-state index is 12.3. The minimum absolute atomic E-state index is 0.0276. The predicted molar refractivity (Wildman–Crippen MR) is 167 cm³/mol. The average Bonchev–Trinajstić information content (AvgIpc) is 2.92. The van der Waals surface area contributed by atoms with Gasteiger partial charge < -0.3 is 20.6 Å². The zero-order chi connectivity index (χ0) is 28.8. The molecule has 0 aliphatic heterocycles. The van der Waals surface area contributed by atoms with E-state index in [1.165, 1.54) is 103 Å². The number of hydrogen-bond acceptors (Lipinski definition) is 4. The summed E-state index contributed by atoms with van der Waals surface area (Å²) in [6.45, 7) is 4.21. The molecule has 1 amide bonds. The first kappa shape index (κ1) is 38.1. The van der Waals surface area contributed by atoms with Crippen LogP contribution < -0.4 is 5.32 Å². The molecule has 0 aromatic carbocycles. The molecular weight excluding hydrogens is 486 g/mol. The lowest BCUT2D eigenvalue weighted by Crippen LogP contribution is -2.46. The lowest BCUT2D eigenvalue weighted by atomic mass is 10.0. The van der Waals surface area contributed by atoms with Crippen LogP contribution in [0.2, 0.25) is 0 Å². The van der Waals surface area contributed by atoms with Crippen molar-refractivity contribution in [2.75, 3.05) is 6.61 Å². The molecule has 0 bridgehead atoms. The lowest BCUT2D eigenvalue weighted by molar-refractivity contribution is -0.125. The summed E-state index contributed by atoms with van der Waals surface area (Å²) in [5.74, 6) is -0.294. The lowest BCUT2D eigenvalue weighted by Gasteiger charge is -2.23. The molecule has 4 N–H and O–H groups in total. The van der Waals surface area contributed by atoms with Gasteiger partial charge in [-0.25, -0.2) is 0 Å². The molecule has 0 aliphatic rings. The number of carbonyl (C=O) groups is 1. The largest absolute Gasteiger partial charge is 0.394 e. The zero-order valence-corrected chi connectivity index (χ0v) is 26.0. The molecule has 0 aromatic heterocycles. The molecule has 232 valence electrons. The van der Waals surface area contributed by atoms with Gasteiger partial charge in [0.05, 0.1) is 31.3 Å². The number of unbranched alkanes of at least 4 members (excludes halogenated alkanes) is 19. The first-order valence-electron chi connectivity index (χ1n) is 17.0. The minimum atomic E-state index is -0.746. The average molecular weight is 554 g/mol. The smallest absolute Gasteiger partial charge is 0.222 e. The third kappa shape index (κ3) is 27.0. The highest BCUT2D eigenvalue weighted by Gasteiger charge is 2.21. The van der Waals surface area contributed by atoms with Crippen LogP contribution in [0.15, 0.2) is 12.2 Å². The molecule has 0 radical (unpaired) electrons. The summed E-state index contributed by atoms with van der Waals surface area (Å²) >= 11 is 0. The van der Waals surface area contributed by atoms with Crippen LogP contribution in [0.1, 0.15) is 174 Å². The fraction of sp³-hybridized carbons (Fsp3) is 0.912. The number of nitrogens with one attached hydrogen (secondary N) is 1. The van der Waals surface area contributed by atoms with E-state index in [-0.39, 0.29) is 18.9 Å². The van der Waals surface area contributed by atoms with Gasteiger partial charge in [-0.15, -0.1) is 0 Å². The van der Waals surface area contributed by atoms with Crippen LogP contribution in [0.3, 0.4) is 0 Å². The molecular formula is C34H67NO4. The Morgan fingerprint density at radius 3 is 1.51 bits per heavy atom. The van der Waals surface area contributed by atoms with Crippen molar-refractivity contribution in [3.63, 3.8) is 0 Å². The zero-order valence-electron chi connectivity index (χ0n) is 26.0. The van der Waals surface area contributed by atoms with E-state index in [0.29, 0.717) is 12.8 Å². The Balaban J connectivity index is 3.73. The maximum absolute atomic E-state index is 12.3. The summed E-state index contributed by atoms with van der Waals surface area (Å²) in [5.41, 5.74) is 0. The molecule has 0 saturated heterocycles. The Kier molecular flexibility index (Phi) is 29.4. The molecule has 0 spiro atoms. The van der Waals surface area contributed by atoms with Gasteiger partial charge in [0.1, 0.15) is 0 Å². The minimum Gasteiger partial charge on any atom is -0.394 e. The third-order valence-corrected chi connectivity index (χ3v) is 7.83. The number of aliphatic hydroxyl groups is 3. The molecule has 39 heavy (non-hydrogen) atoms. The monoisotopic (exact) mass is 554 g/mol. The summed E-state index contributed by atoms with van der Waals surface area (Å²) in [5, 5.41) is 33.0. The quantitative estimate of drug-likeness (QED) is 0.0530. The highest BCUT2D eigenvalue weighted by Crippen LogP contribution is 2.14. The van der Waals surface area contributed by atoms with Gasteiger partial charge in [-0.3, -0.25) is 4.79 Å². The molecule has 0 saturated carbocycles. The van der Waals surface area contributed by atoms with E-state index >= 15 is 0 Å². The van der Waals surface area contributed by atoms with Gasteiger partial charge in [0, 0.05) is 0 Å². The normalized spacial score (nSPS) is 14.1. The number of amides is 1. The van der Waals surface area contributed by atoms with Gasteiger partial charge in [0.2, 0.25) is 5.91 Å². The topological polar surface area (TPSA) is 89.8 Å². The van der Waals surface area contributed by atoms with Crippen LogP contribution in [-0.4, -0.2) is 46.1 Å². The highest BCUT2D eigenvalue weighted by atomic mass is 16.3. The highest BCUT2D eigenvalue weighted by molar-refractivity contribution is 5.76. The van der Waals surface area contributed by atoms with E-state index < -0.39 is 18.2 Å². The number of allylic oxidation sites excluding steroid dienone is 2. The molecule has 0 heterocycles. The number of aliphatic hydroxyl groups excluding tert-OH is 3. The van der Waals surface area contributed by atoms with Crippen molar-refractivity contribution < 1.29 is 20.1 Å². The van der Waals surface area contributed by atoms with Gasteiger partial charge in [-0.2, -0.15) is 0 Å². The number of rotatable bonds is 30. The summed E-state index contributed by atoms with van der Waals surface area (Å²) in [7, 11) is 0. The van der Waals surface area contributed by atoms with E-state index in [1.54, 1.807) is 0 Å². The predicted octanol–water partition coefficient (Wildman–Crippen LogP) is 8.53. The van der Waals surface area contributed by atoms with Crippen molar-refractivity contribution in [3.8, 4) is 0 Å². The van der Waals surface area contributed by atoms with E-state index in [2.05, 4.69) is 31.3 Å². The van der Waals surface area contributed by atoms with Crippen molar-refractivity contribution in [1.82, 2.24) is 5.32 Å². The Labute approximate surface area is 242 Å². The van der Waals surface area contributed by atoms with Crippen molar-refractivity contribution in [2.24, 2.45) is 0 Å². The number of carbonyl (C=O) groups excluding carboxylic acids is 1. The summed E-state index contributed by atoms with van der Waals surface area (Å²) < 4.78 is 0. The fourth-order valence-corrected chi connectivity index (χ4v) is 5.16. The molecule has 3 atom stereocenters. The Morgan fingerprint density at radius 2 is 1.03 bits per heavy atom. The second kappa shape index (κ2) is 30.1. The molecule has 0 rings (SSSR count). The van der Waals surface area contributed by atoms with E-state index in [1.807, 2.05) is 0 Å². The van der Waals surface area contributed by atoms with Crippen molar-refractivity contribution >= 4 is 5.91 Å². The van der Waals surface area contributed by atoms with Gasteiger partial charge in [-0.1, -0.05) is 142 Å². The standard InChI is InChI=1S/C34H67NO4/c1-3-5-7-9-11-13-15-16-17-18-19-21-23-25-27-31(37)29-34(39)35-32(30-36)33(38)28-26-24-22-20-14-12-10-8-6-4-2/h17-18,31-33,36-38H,3-16,19-30H2,1-2H3,(H,35,39)/b18-17-. The Morgan fingerprint density at radius 1 is 0.615 bits per heavy atom. The van der Waals surface area contributed by atoms with Crippen LogP contribution in [-0.2, 0) is 4.79 Å². The Hall–Kier alpha value is -0.910. The van der Waals surface area contributed by atoms with Crippen LogP contribution >= 0.6 is 0 Å². The maximum Gasteiger partial charge on any atom is 0.222 e. The Bertz CT molecular complexity index is 539. The van der Waals surface area contributed by atoms with Gasteiger partial charge in [0.15, 0.2) is 0 Å². The SMILES string of the molecule is CCCCCCCCC/C=C\CCCCCC(O)CC(=O)NC(CO)C(O)CCCCCCCCCCCC. The van der Waals surface area contributed by atoms with Gasteiger partial charge in [0.25, 0.3) is 0 Å². The van der Waals surface area contributed by atoms with Crippen molar-refractivity contribution in [3.05, 3.63) is 12.2 Å². The van der Waals surface area contributed by atoms with E-state index in [4.69, 9.17) is 0 Å². The van der Waals surface area contributed by atoms with Gasteiger partial charge in [-0.05, 0) is 38.5 Å². The molecule has 5 heteroatoms. The third-order valence-electron chi connectivity index (χ3n) is 7.83. The van der Waals surface area contributed by atoms with Crippen LogP contribution in [0.5, 0.6) is 0 Å². The van der Waals surface area contributed by atoms with Crippen LogP contribution in [0, 0.1) is 0 Å². The van der Waals surface area contributed by atoms with E-state index in [0.717, 1.165) is 38.5 Å². The summed E-state index contributed by atoms with van der Waals surface area (Å²) in [4.78, 5) is 12.3. The first-order chi connectivity index (χ1) is 19.0. The van der Waals surface area contributed by atoms with Crippen molar-refractivity contribution in [1.29, 1.82) is 0 Å². The number of hydrogen-bond donors (Lipinski definition) is 4. The second-order valence-electron chi connectivity index (χ2n) is 11.8. The summed E-state index contributed by atoms with van der Waals surface area (Å²) in [6, 6.07) is -0.656. The van der Waals surface area contributed by atoms with Crippen LogP contribution in [0.25, 0.3) is 0 Å². The second-order valence-corrected chi connectivity index (χ2v) is 11.8. The molecule has 0 aromatic rings. The van der Waals surface area contributed by atoms with Crippen molar-refractivity contribution in [2.45, 2.75) is 193 Å². The van der Waals surface area contributed by atoms with E-state index in [9.17, 15) is 20.1 Å². The molecule has 0 aliphatic carbocycles. The van der Waals surface area contributed by atoms with Crippen LogP contribution in [0.4, 0.5) is 0 Å². The summed E-state index contributed by atoms with van der Waals surface area (Å²) in [6.07, 6.45) is 31.6. The first-order valence-corrected chi connectivity index (χ1v) is 17.0. The van der Waals surface area contributed by atoms with Gasteiger partial charge >= 0.3 is 0 Å². The fourth-order valence-electron chi connectivity index (χ4n) is 5.16. The molecule has 0 fully saturated rings. The molecule has 5 nitrogen and oxygen atoms in total.